The first-order chi connectivity index (χ1) is 47.0. The van der Waals surface area contributed by atoms with Gasteiger partial charge in [0.2, 0.25) is 21.0 Å². The number of carboxylic acids is 4. The van der Waals surface area contributed by atoms with Crippen LogP contribution in [0.3, 0.4) is 0 Å². The SMILES string of the molecule is Brc1ccc(Nc2ccccc2C2=N[C@H](c3ccccc3)CO2)c(C2=N[C@H](c3ccccc3)CO2)c1.CCN(CC)CC.CC[C@H](N)c1ccccc1.Nc1ccccc1C(=O)O.O=C(O)c1cc(Br)ccc1Cl.O=C(O)c1ccccc1Nc1ccc(Br)cc1C(=O)O.O=S(Cl)Cl. The van der Waals surface area contributed by atoms with Crippen LogP contribution in [0.25, 0.3) is 0 Å². The zero-order valence-electron chi connectivity index (χ0n) is 53.6. The maximum atomic E-state index is 11.2. The number of benzene rings is 9. The molecule has 18 nitrogen and oxygen atoms in total. The Morgan fingerprint density at radius 1 is 0.510 bits per heavy atom. The molecule has 25 heteroatoms. The second kappa shape index (κ2) is 42.4. The summed E-state index contributed by atoms with van der Waals surface area (Å²) in [4.78, 5) is 55.3. The standard InChI is InChI=1S/C30H24BrN3O2.C14H10BrNO4.C9H13N.C7H4BrClO2.C7H7NO2.C6H15N.Cl2OS/c31-22-15-16-26(24(17-22)30-34-28(19-36-30)21-11-5-2-6-12-21)32-25-14-8-7-13-23(25)29-33-27(18-35-29)20-9-3-1-4-10-20;15-8-5-6-12(10(7-8)14(19)20)16-11-4-2-1-3-9(11)13(17)18;1-2-9(10)8-6-4-3-5-7-8;8-4-1-2-6(9)5(3-4)7(10)11;8-6-4-2-1-3-5(6)7(9)10;1-4-7(5-2)6-3;1-4(2)3/h1-17,27-28,32H,18-19H2;1-7,16H,(H,17,18)(H,19,20);3-7,9H,2,10H2,1H3;1-3H,(H,10,11);1-4H,8H2,(H,9,10);4-6H2,1-3H3;/t27-,28-;;9-;;;;/m0.0..../s1. The molecular weight excluding hydrogens is 1530 g/mol. The van der Waals surface area contributed by atoms with Crippen molar-refractivity contribution in [3.63, 3.8) is 0 Å². The van der Waals surface area contributed by atoms with Crippen LogP contribution in [0.2, 0.25) is 5.02 Å². The molecule has 0 spiro atoms. The van der Waals surface area contributed by atoms with Crippen LogP contribution in [0, 0.1) is 0 Å². The van der Waals surface area contributed by atoms with Crippen molar-refractivity contribution >= 4 is 154 Å². The summed E-state index contributed by atoms with van der Waals surface area (Å²) in [6.45, 7) is 13.3. The molecule has 0 aromatic heterocycles. The van der Waals surface area contributed by atoms with E-state index in [1.807, 2.05) is 97.1 Å². The molecule has 0 aliphatic carbocycles. The molecule has 9 aromatic rings. The van der Waals surface area contributed by atoms with Gasteiger partial charge in [0.25, 0.3) is 0 Å². The van der Waals surface area contributed by atoms with Crippen molar-refractivity contribution in [2.45, 2.75) is 52.2 Å². The van der Waals surface area contributed by atoms with Crippen molar-refractivity contribution in [3.05, 3.63) is 287 Å². The average Bonchev–Trinajstić information content (AvgIpc) is 1.81. The number of nitrogens with zero attached hydrogens (tertiary/aromatic N) is 3. The zero-order chi connectivity index (χ0) is 71.7. The summed E-state index contributed by atoms with van der Waals surface area (Å²) in [7, 11) is 7.36. The first-order valence-corrected chi connectivity index (χ1v) is 35.9. The van der Waals surface area contributed by atoms with E-state index < -0.39 is 33.1 Å². The number of nitrogens with one attached hydrogen (secondary N) is 2. The summed E-state index contributed by atoms with van der Waals surface area (Å²) >= 11 is 15.5. The lowest BCUT2D eigenvalue weighted by Crippen LogP contribution is -2.21. The highest BCUT2D eigenvalue weighted by molar-refractivity contribution is 9.11. The highest BCUT2D eigenvalue weighted by Gasteiger charge is 2.27. The van der Waals surface area contributed by atoms with Crippen molar-refractivity contribution in [1.29, 1.82) is 0 Å². The number of carboxylic acid groups (broad SMARTS) is 4. The third-order valence-electron chi connectivity index (χ3n) is 14.3. The molecular formula is C73H73Br3Cl3N7O11S. The molecule has 0 saturated carbocycles. The summed E-state index contributed by atoms with van der Waals surface area (Å²) in [6.07, 6.45) is 1.00. The number of para-hydroxylation sites is 3. The highest BCUT2D eigenvalue weighted by atomic mass is 79.9. The number of aromatic carboxylic acids is 4. The minimum absolute atomic E-state index is 0.00587. The molecule has 0 fully saturated rings. The normalized spacial score (nSPS) is 13.4. The molecule has 11 rings (SSSR count). The first kappa shape index (κ1) is 80.3. The van der Waals surface area contributed by atoms with E-state index in [1.165, 1.54) is 55.5 Å². The molecule has 2 aliphatic rings. The van der Waals surface area contributed by atoms with Gasteiger partial charge in [-0.3, -0.25) is 0 Å². The second-order valence-electron chi connectivity index (χ2n) is 20.7. The number of hydrogen-bond acceptors (Lipinski definition) is 14. The van der Waals surface area contributed by atoms with E-state index in [4.69, 9.17) is 67.2 Å². The molecule has 9 aromatic carbocycles. The maximum Gasteiger partial charge on any atom is 0.337 e. The van der Waals surface area contributed by atoms with Gasteiger partial charge in [-0.05, 0) is 134 Å². The van der Waals surface area contributed by atoms with Crippen LogP contribution in [0.4, 0.5) is 28.4 Å². The summed E-state index contributed by atoms with van der Waals surface area (Å²) in [5.41, 5.74) is 19.6. The number of nitrogens with two attached hydrogens (primary N) is 2. The quantitative estimate of drug-likeness (QED) is 0.0311. The van der Waals surface area contributed by atoms with Crippen LogP contribution < -0.4 is 22.1 Å². The predicted molar refractivity (Wildman–Crippen MR) is 406 cm³/mol. The summed E-state index contributed by atoms with van der Waals surface area (Å²) < 4.78 is 23.5. The Labute approximate surface area is 611 Å². The molecule has 0 amide bonds. The summed E-state index contributed by atoms with van der Waals surface area (Å²) in [6, 6.07) is 67.1. The molecule has 0 radical (unpaired) electrons. The average molecular weight is 1600 g/mol. The first-order valence-electron chi connectivity index (χ1n) is 30.3. The molecule has 514 valence electrons. The lowest BCUT2D eigenvalue weighted by atomic mass is 10.1. The fraction of sp³-hybridized carbons (Fsp3) is 0.178. The number of ether oxygens (including phenoxy) is 2. The number of nitrogen functional groups attached to an aromatic ring is 1. The fourth-order valence-corrected chi connectivity index (χ4v) is 10.4. The lowest BCUT2D eigenvalue weighted by Gasteiger charge is -2.15. The van der Waals surface area contributed by atoms with E-state index in [-0.39, 0.29) is 45.4 Å². The Morgan fingerprint density at radius 3 is 1.35 bits per heavy atom. The van der Waals surface area contributed by atoms with Gasteiger partial charge in [-0.1, -0.05) is 214 Å². The monoisotopic (exact) mass is 1600 g/mol. The van der Waals surface area contributed by atoms with Gasteiger partial charge >= 0.3 is 23.9 Å². The predicted octanol–water partition coefficient (Wildman–Crippen LogP) is 19.1. The van der Waals surface area contributed by atoms with E-state index in [0.717, 1.165) is 44.5 Å². The minimum Gasteiger partial charge on any atom is -0.478 e. The van der Waals surface area contributed by atoms with Crippen LogP contribution in [-0.2, 0) is 18.7 Å². The molecule has 0 unspecified atom stereocenters. The molecule has 98 heavy (non-hydrogen) atoms. The third kappa shape index (κ3) is 26.4. The van der Waals surface area contributed by atoms with E-state index in [9.17, 15) is 19.2 Å². The van der Waals surface area contributed by atoms with Crippen molar-refractivity contribution in [2.24, 2.45) is 15.7 Å². The van der Waals surface area contributed by atoms with E-state index >= 15 is 0 Å². The van der Waals surface area contributed by atoms with Crippen LogP contribution in [0.15, 0.2) is 242 Å². The van der Waals surface area contributed by atoms with Crippen molar-refractivity contribution in [1.82, 2.24) is 4.90 Å². The van der Waals surface area contributed by atoms with Crippen LogP contribution >= 0.6 is 80.8 Å². The lowest BCUT2D eigenvalue weighted by molar-refractivity contribution is 0.0686. The smallest absolute Gasteiger partial charge is 0.337 e. The van der Waals surface area contributed by atoms with Crippen LogP contribution in [-0.4, -0.2) is 98.1 Å². The molecule has 0 bridgehead atoms. The summed E-state index contributed by atoms with van der Waals surface area (Å²) in [5.74, 6) is -2.91. The minimum atomic E-state index is -1.67. The van der Waals surface area contributed by atoms with Crippen molar-refractivity contribution in [2.75, 3.05) is 49.2 Å². The van der Waals surface area contributed by atoms with Gasteiger partial charge in [-0.25, -0.2) is 33.4 Å². The number of aliphatic imine (C=N–C) groups is 2. The van der Waals surface area contributed by atoms with Gasteiger partial charge in [0.15, 0.2) is 0 Å². The summed E-state index contributed by atoms with van der Waals surface area (Å²) in [5, 5.41) is 42.0. The van der Waals surface area contributed by atoms with E-state index in [2.05, 4.69) is 149 Å². The molecule has 10 N–H and O–H groups in total. The van der Waals surface area contributed by atoms with Gasteiger partial charge in [0.1, 0.15) is 25.3 Å². The van der Waals surface area contributed by atoms with E-state index in [0.29, 0.717) is 51.0 Å². The van der Waals surface area contributed by atoms with Gasteiger partial charge in [-0.15, -0.1) is 0 Å². The third-order valence-corrected chi connectivity index (χ3v) is 16.1. The van der Waals surface area contributed by atoms with Gasteiger partial charge < -0.3 is 56.9 Å². The van der Waals surface area contributed by atoms with Crippen LogP contribution in [0.1, 0.15) is 121 Å². The number of carbonyl (C=O) groups is 4. The maximum absolute atomic E-state index is 11.2. The Hall–Kier alpha value is -8.42. The topological polar surface area (TPSA) is 289 Å². The van der Waals surface area contributed by atoms with Gasteiger partial charge in [-0.2, -0.15) is 0 Å². The van der Waals surface area contributed by atoms with Gasteiger partial charge in [0, 0.05) is 46.5 Å². The second-order valence-corrected chi connectivity index (χ2v) is 26.4. The number of anilines is 5. The Kier molecular flexibility index (Phi) is 34.7. The number of hydrogen-bond donors (Lipinski definition) is 8. The molecule has 2 aliphatic heterocycles. The Bertz CT molecular complexity index is 4140. The Balaban J connectivity index is 0.000000235. The van der Waals surface area contributed by atoms with E-state index in [1.54, 1.807) is 54.6 Å². The molecule has 0 saturated heterocycles. The fourth-order valence-electron chi connectivity index (χ4n) is 9.15. The zero-order valence-corrected chi connectivity index (χ0v) is 61.4. The Morgan fingerprint density at radius 2 is 0.888 bits per heavy atom. The van der Waals surface area contributed by atoms with Crippen molar-refractivity contribution in [3.8, 4) is 0 Å². The van der Waals surface area contributed by atoms with Crippen molar-refractivity contribution < 1.29 is 53.3 Å². The highest BCUT2D eigenvalue weighted by Crippen LogP contribution is 2.34. The number of rotatable bonds is 17. The molecule has 3 atom stereocenters. The molecule has 2 heterocycles. The number of halogens is 6. The largest absolute Gasteiger partial charge is 0.478 e. The van der Waals surface area contributed by atoms with Gasteiger partial charge in [0.05, 0.1) is 61.2 Å². The van der Waals surface area contributed by atoms with Crippen LogP contribution in [0.5, 0.6) is 0 Å².